The Morgan fingerprint density at radius 3 is 2.64 bits per heavy atom. The molecule has 0 radical (unpaired) electrons. The fourth-order valence-electron chi connectivity index (χ4n) is 4.55. The minimum atomic E-state index is -0.258. The Balaban J connectivity index is 1.73. The molecule has 2 aromatic carbocycles. The highest BCUT2D eigenvalue weighted by Gasteiger charge is 2.49. The minimum Gasteiger partial charge on any atom is -0.497 e. The average molecular weight is 391 g/mol. The number of likely N-dealkylation sites (N-methyl/N-ethyl adjacent to an activating group) is 1. The lowest BCUT2D eigenvalue weighted by Crippen LogP contribution is -2.44. The van der Waals surface area contributed by atoms with Gasteiger partial charge in [-0.05, 0) is 48.5 Å². The Morgan fingerprint density at radius 2 is 1.93 bits per heavy atom. The minimum absolute atomic E-state index is 0.0990. The third-order valence-electron chi connectivity index (χ3n) is 5.88. The molecule has 1 saturated heterocycles. The highest BCUT2D eigenvalue weighted by molar-refractivity contribution is 7.80. The maximum absolute atomic E-state index is 13.1. The summed E-state index contributed by atoms with van der Waals surface area (Å²) in [4.78, 5) is 20.5. The van der Waals surface area contributed by atoms with E-state index in [-0.39, 0.29) is 18.0 Å². The van der Waals surface area contributed by atoms with Gasteiger partial charge in [-0.3, -0.25) is 9.69 Å². The van der Waals surface area contributed by atoms with Gasteiger partial charge in [0.15, 0.2) is 5.11 Å². The lowest BCUT2D eigenvalue weighted by molar-refractivity contribution is -0.128. The molecule has 0 unspecified atom stereocenters. The predicted molar refractivity (Wildman–Crippen MR) is 112 cm³/mol. The van der Waals surface area contributed by atoms with E-state index in [4.69, 9.17) is 17.0 Å². The number of thiocarbonyl (C=S) groups is 1. The monoisotopic (exact) mass is 391 g/mol. The fourth-order valence-corrected chi connectivity index (χ4v) is 5.00. The lowest BCUT2D eigenvalue weighted by Gasteiger charge is -2.37. The van der Waals surface area contributed by atoms with Crippen molar-refractivity contribution in [2.24, 2.45) is 0 Å². The summed E-state index contributed by atoms with van der Waals surface area (Å²) in [6.45, 7) is 2.56. The van der Waals surface area contributed by atoms with Crippen molar-refractivity contribution in [3.05, 3.63) is 65.4 Å². The van der Waals surface area contributed by atoms with Gasteiger partial charge < -0.3 is 14.6 Å². The topological polar surface area (TPSA) is 48.6 Å². The summed E-state index contributed by atoms with van der Waals surface area (Å²) >= 11 is 5.74. The summed E-state index contributed by atoms with van der Waals surface area (Å²) in [7, 11) is 1.66. The van der Waals surface area contributed by atoms with Gasteiger partial charge in [0, 0.05) is 29.6 Å². The molecule has 2 aliphatic rings. The van der Waals surface area contributed by atoms with E-state index in [1.165, 1.54) is 10.9 Å². The second kappa shape index (κ2) is 6.34. The van der Waals surface area contributed by atoms with Crippen LogP contribution in [0, 0.1) is 0 Å². The molecule has 0 bridgehead atoms. The molecule has 5 rings (SSSR count). The van der Waals surface area contributed by atoms with Crippen LogP contribution in [0.4, 0.5) is 0 Å². The molecule has 0 saturated carbocycles. The number of hydrogen-bond acceptors (Lipinski definition) is 3. The molecule has 28 heavy (non-hydrogen) atoms. The zero-order valence-corrected chi connectivity index (χ0v) is 16.6. The molecule has 3 aromatic rings. The Hall–Kier alpha value is -2.86. The lowest BCUT2D eigenvalue weighted by atomic mass is 9.89. The number of fused-ring (bicyclic) bond motifs is 4. The van der Waals surface area contributed by atoms with E-state index < -0.39 is 0 Å². The van der Waals surface area contributed by atoms with E-state index >= 15 is 0 Å². The smallest absolute Gasteiger partial charge is 0.251 e. The first-order chi connectivity index (χ1) is 13.6. The molecule has 1 N–H and O–H groups in total. The first-order valence-corrected chi connectivity index (χ1v) is 9.92. The number of hydrogen-bond donors (Lipinski definition) is 1. The number of amides is 1. The van der Waals surface area contributed by atoms with Gasteiger partial charge in [0.2, 0.25) is 0 Å². The number of H-pyrrole nitrogens is 1. The van der Waals surface area contributed by atoms with Crippen molar-refractivity contribution in [1.82, 2.24) is 14.8 Å². The van der Waals surface area contributed by atoms with Crippen LogP contribution in [0.1, 0.15) is 29.8 Å². The quantitative estimate of drug-likeness (QED) is 0.693. The molecule has 3 heterocycles. The van der Waals surface area contributed by atoms with E-state index in [2.05, 4.69) is 34.1 Å². The number of para-hydroxylation sites is 1. The predicted octanol–water partition coefficient (Wildman–Crippen LogP) is 3.64. The van der Waals surface area contributed by atoms with Gasteiger partial charge in [0.25, 0.3) is 5.91 Å². The number of carbonyl (C=O) groups is 1. The summed E-state index contributed by atoms with van der Waals surface area (Å²) < 4.78 is 5.32. The van der Waals surface area contributed by atoms with Crippen LogP contribution >= 0.6 is 12.2 Å². The largest absolute Gasteiger partial charge is 0.497 e. The number of benzene rings is 2. The number of nitrogens with zero attached hydrogens (tertiary/aromatic N) is 2. The molecule has 142 valence electrons. The van der Waals surface area contributed by atoms with Gasteiger partial charge in [-0.2, -0.15) is 0 Å². The van der Waals surface area contributed by atoms with Gasteiger partial charge in [0.05, 0.1) is 13.2 Å². The summed E-state index contributed by atoms with van der Waals surface area (Å²) in [5.74, 6) is 0.908. The van der Waals surface area contributed by atoms with Crippen molar-refractivity contribution in [2.45, 2.75) is 25.4 Å². The first kappa shape index (κ1) is 17.3. The number of methoxy groups -OCH3 is 1. The number of nitrogens with one attached hydrogen (secondary N) is 1. The number of rotatable bonds is 3. The average Bonchev–Trinajstić information content (AvgIpc) is 3.21. The molecule has 1 fully saturated rings. The van der Waals surface area contributed by atoms with Gasteiger partial charge in [-0.1, -0.05) is 30.3 Å². The van der Waals surface area contributed by atoms with Crippen LogP contribution in [-0.2, 0) is 11.2 Å². The third-order valence-corrected chi connectivity index (χ3v) is 6.31. The fraction of sp³-hybridized carbons (Fsp3) is 0.273. The van der Waals surface area contributed by atoms with Gasteiger partial charge in [-0.25, -0.2) is 0 Å². The Labute approximate surface area is 168 Å². The summed E-state index contributed by atoms with van der Waals surface area (Å²) in [5.41, 5.74) is 4.52. The first-order valence-electron chi connectivity index (χ1n) is 9.51. The van der Waals surface area contributed by atoms with Crippen LogP contribution in [0.25, 0.3) is 10.9 Å². The highest BCUT2D eigenvalue weighted by Crippen LogP contribution is 2.44. The van der Waals surface area contributed by atoms with Crippen LogP contribution in [-0.4, -0.2) is 45.5 Å². The number of aromatic amines is 1. The molecule has 5 nitrogen and oxygen atoms in total. The van der Waals surface area contributed by atoms with Crippen molar-refractivity contribution in [1.29, 1.82) is 0 Å². The molecule has 2 atom stereocenters. The van der Waals surface area contributed by atoms with Crippen molar-refractivity contribution in [3.63, 3.8) is 0 Å². The second-order valence-electron chi connectivity index (χ2n) is 7.23. The Bertz CT molecular complexity index is 1090. The highest BCUT2D eigenvalue weighted by atomic mass is 32.1. The molecular weight excluding hydrogens is 370 g/mol. The standard InChI is InChI=1S/C22H21N3O2S/c1-3-24-21(26)18-12-16-15-6-4-5-7-17(15)23-19(16)20(25(18)22(24)28)13-8-10-14(27-2)11-9-13/h4-11,18,20,23H,3,12H2,1-2H3/t18-,20+/m1/s1. The number of aromatic nitrogens is 1. The normalized spacial score (nSPS) is 21.2. The molecule has 0 spiro atoms. The third kappa shape index (κ3) is 2.31. The molecule has 6 heteroatoms. The van der Waals surface area contributed by atoms with E-state index in [0.717, 1.165) is 22.5 Å². The molecule has 0 aliphatic carbocycles. The van der Waals surface area contributed by atoms with E-state index in [1.54, 1.807) is 12.0 Å². The van der Waals surface area contributed by atoms with Crippen molar-refractivity contribution < 1.29 is 9.53 Å². The number of carbonyl (C=O) groups excluding carboxylic acids is 1. The van der Waals surface area contributed by atoms with E-state index in [0.29, 0.717) is 18.1 Å². The maximum atomic E-state index is 13.1. The van der Waals surface area contributed by atoms with Gasteiger partial charge in [0.1, 0.15) is 11.8 Å². The van der Waals surface area contributed by atoms with E-state index in [1.807, 2.05) is 31.2 Å². The Morgan fingerprint density at radius 1 is 1.18 bits per heavy atom. The second-order valence-corrected chi connectivity index (χ2v) is 7.60. The summed E-state index contributed by atoms with van der Waals surface area (Å²) in [5, 5.41) is 1.80. The van der Waals surface area contributed by atoms with Crippen molar-refractivity contribution >= 4 is 34.1 Å². The maximum Gasteiger partial charge on any atom is 0.251 e. The molecule has 2 aliphatic heterocycles. The van der Waals surface area contributed by atoms with Crippen molar-refractivity contribution in [3.8, 4) is 5.75 Å². The van der Waals surface area contributed by atoms with Crippen LogP contribution in [0.5, 0.6) is 5.75 Å². The van der Waals surface area contributed by atoms with E-state index in [9.17, 15) is 4.79 Å². The van der Waals surface area contributed by atoms with Crippen LogP contribution in [0.3, 0.4) is 0 Å². The van der Waals surface area contributed by atoms with Crippen molar-refractivity contribution in [2.75, 3.05) is 13.7 Å². The number of ether oxygens (including phenoxy) is 1. The zero-order chi connectivity index (χ0) is 19.4. The van der Waals surface area contributed by atoms with Gasteiger partial charge >= 0.3 is 0 Å². The zero-order valence-electron chi connectivity index (χ0n) is 15.8. The molecular formula is C22H21N3O2S. The van der Waals surface area contributed by atoms with Crippen LogP contribution in [0.2, 0.25) is 0 Å². The van der Waals surface area contributed by atoms with Crippen LogP contribution < -0.4 is 4.74 Å². The van der Waals surface area contributed by atoms with Crippen LogP contribution in [0.15, 0.2) is 48.5 Å². The summed E-state index contributed by atoms with van der Waals surface area (Å²) in [6, 6.07) is 15.9. The molecule has 1 aromatic heterocycles. The molecule has 1 amide bonds. The Kier molecular flexibility index (Phi) is 3.91. The summed E-state index contributed by atoms with van der Waals surface area (Å²) in [6.07, 6.45) is 0.668. The van der Waals surface area contributed by atoms with Gasteiger partial charge in [-0.15, -0.1) is 0 Å². The SMILES string of the molecule is CCN1C(=O)[C@H]2Cc3c([nH]c4ccccc34)[C@H](c3ccc(OC)cc3)N2C1=S.